The number of nitrogens with two attached hydrogens (primary N) is 1. The molecule has 0 spiro atoms. The average molecular weight is 210 g/mol. The van der Waals surface area contributed by atoms with E-state index in [9.17, 15) is 4.79 Å². The third-order valence-corrected chi connectivity index (χ3v) is 2.88. The molecule has 0 aliphatic heterocycles. The average Bonchev–Trinajstić information content (AvgIpc) is 2.73. The number of carbonyl (C=O) groups is 1. The second-order valence-electron chi connectivity index (χ2n) is 3.79. The van der Waals surface area contributed by atoms with Gasteiger partial charge in [0.1, 0.15) is 0 Å². The number of benzene rings is 1. The number of nitrogens with one attached hydrogen (secondary N) is 1. The smallest absolute Gasteiger partial charge is 0.249 e. The van der Waals surface area contributed by atoms with E-state index in [0.29, 0.717) is 5.56 Å². The van der Waals surface area contributed by atoms with E-state index in [2.05, 4.69) is 4.98 Å². The van der Waals surface area contributed by atoms with Crippen LogP contribution in [0, 0.1) is 0 Å². The molecule has 3 aromatic rings. The van der Waals surface area contributed by atoms with Crippen LogP contribution < -0.4 is 5.73 Å². The van der Waals surface area contributed by atoms with Crippen LogP contribution in [0.4, 0.5) is 0 Å². The number of amides is 1. The third-order valence-electron chi connectivity index (χ3n) is 2.88. The lowest BCUT2D eigenvalue weighted by atomic mass is 10.1. The quantitative estimate of drug-likeness (QED) is 0.636. The first kappa shape index (κ1) is 8.97. The van der Waals surface area contributed by atoms with Gasteiger partial charge in [-0.25, -0.2) is 0 Å². The van der Waals surface area contributed by atoms with Crippen molar-refractivity contribution >= 4 is 27.5 Å². The fraction of sp³-hybridized carbons (Fsp3) is 0. The molecule has 0 saturated heterocycles. The van der Waals surface area contributed by atoms with Crippen molar-refractivity contribution in [1.29, 1.82) is 0 Å². The van der Waals surface area contributed by atoms with Gasteiger partial charge in [-0.15, -0.1) is 0 Å². The van der Waals surface area contributed by atoms with Crippen molar-refractivity contribution in [2.75, 3.05) is 0 Å². The van der Waals surface area contributed by atoms with Crippen LogP contribution in [0.2, 0.25) is 0 Å². The molecule has 3 N–H and O–H groups in total. The highest BCUT2D eigenvalue weighted by Gasteiger charge is 2.09. The van der Waals surface area contributed by atoms with Gasteiger partial charge in [0.05, 0.1) is 0 Å². The fourth-order valence-electron chi connectivity index (χ4n) is 2.11. The number of hydrogen-bond donors (Lipinski definition) is 2. The molecule has 0 saturated carbocycles. The predicted octanol–water partition coefficient (Wildman–Crippen LogP) is 2.42. The van der Waals surface area contributed by atoms with E-state index < -0.39 is 0 Å². The molecular weight excluding hydrogens is 200 g/mol. The van der Waals surface area contributed by atoms with E-state index >= 15 is 0 Å². The molecule has 0 aliphatic rings. The lowest BCUT2D eigenvalue weighted by Gasteiger charge is -2.00. The largest absolute Gasteiger partial charge is 0.367 e. The van der Waals surface area contributed by atoms with Crippen molar-refractivity contribution in [2.45, 2.75) is 0 Å². The molecule has 0 bridgehead atoms. The predicted molar refractivity (Wildman–Crippen MR) is 64.3 cm³/mol. The fourth-order valence-corrected chi connectivity index (χ4v) is 2.11. The van der Waals surface area contributed by atoms with Gasteiger partial charge in [0.15, 0.2) is 0 Å². The van der Waals surface area contributed by atoms with Crippen LogP contribution in [-0.2, 0) is 0 Å². The SMILES string of the molecule is NC(=O)c1ccc2c1ccc1cc[nH]cc12. The number of H-pyrrole nitrogens is 1. The first-order valence-corrected chi connectivity index (χ1v) is 5.05. The van der Waals surface area contributed by atoms with Crippen LogP contribution in [0.15, 0.2) is 42.7 Å². The van der Waals surface area contributed by atoms with Crippen LogP contribution in [0.1, 0.15) is 10.4 Å². The molecule has 78 valence electrons. The first-order valence-electron chi connectivity index (χ1n) is 5.05. The lowest BCUT2D eigenvalue weighted by Crippen LogP contribution is -2.09. The van der Waals surface area contributed by atoms with Gasteiger partial charge in [-0.2, -0.15) is 0 Å². The number of fused-ring (bicyclic) bond motifs is 3. The Morgan fingerprint density at radius 1 is 1.00 bits per heavy atom. The highest BCUT2D eigenvalue weighted by molar-refractivity contribution is 6.15. The zero-order valence-electron chi connectivity index (χ0n) is 8.53. The molecule has 1 heterocycles. The van der Waals surface area contributed by atoms with Crippen LogP contribution in [0.5, 0.6) is 0 Å². The molecule has 0 radical (unpaired) electrons. The summed E-state index contributed by atoms with van der Waals surface area (Å²) in [7, 11) is 0. The van der Waals surface area contributed by atoms with Crippen LogP contribution in [-0.4, -0.2) is 10.9 Å². The Morgan fingerprint density at radius 2 is 1.81 bits per heavy atom. The molecular formula is C13H10N2O. The molecule has 1 amide bonds. The van der Waals surface area contributed by atoms with Gasteiger partial charge in [-0.05, 0) is 28.3 Å². The summed E-state index contributed by atoms with van der Waals surface area (Å²) in [6.07, 6.45) is 3.81. The number of pyridine rings is 1. The molecule has 0 atom stereocenters. The number of hydrogen-bond acceptors (Lipinski definition) is 1. The first-order chi connectivity index (χ1) is 7.77. The normalized spacial score (nSPS) is 11.0. The van der Waals surface area contributed by atoms with Crippen molar-refractivity contribution in [3.8, 4) is 0 Å². The van der Waals surface area contributed by atoms with Gasteiger partial charge in [0.2, 0.25) is 5.91 Å². The number of aromatic nitrogens is 1. The van der Waals surface area contributed by atoms with Gasteiger partial charge in [0.25, 0.3) is 0 Å². The summed E-state index contributed by atoms with van der Waals surface area (Å²) in [6.45, 7) is 0. The molecule has 3 rings (SSSR count). The lowest BCUT2D eigenvalue weighted by molar-refractivity contribution is 0.100. The summed E-state index contributed by atoms with van der Waals surface area (Å²) in [6, 6.07) is 9.66. The maximum Gasteiger partial charge on any atom is 0.249 e. The summed E-state index contributed by atoms with van der Waals surface area (Å²) in [5.41, 5.74) is 5.91. The second kappa shape index (κ2) is 3.10. The highest BCUT2D eigenvalue weighted by Crippen LogP contribution is 2.28. The summed E-state index contributed by atoms with van der Waals surface area (Å²) in [4.78, 5) is 14.3. The molecule has 3 nitrogen and oxygen atoms in total. The monoisotopic (exact) mass is 210 g/mol. The molecule has 3 heteroatoms. The number of aromatic amines is 1. The Balaban J connectivity index is 2.49. The minimum absolute atomic E-state index is 0.380. The number of carbonyl (C=O) groups excluding carboxylic acids is 1. The number of primary amides is 1. The Hall–Kier alpha value is -2.29. The van der Waals surface area contributed by atoms with Crippen LogP contribution in [0.3, 0.4) is 0 Å². The van der Waals surface area contributed by atoms with Crippen LogP contribution in [0.25, 0.3) is 21.5 Å². The maximum absolute atomic E-state index is 11.2. The van der Waals surface area contributed by atoms with Crippen molar-refractivity contribution < 1.29 is 4.79 Å². The third kappa shape index (κ3) is 1.11. The van der Waals surface area contributed by atoms with E-state index in [4.69, 9.17) is 5.73 Å². The van der Waals surface area contributed by atoms with Gasteiger partial charge in [-0.3, -0.25) is 4.79 Å². The Morgan fingerprint density at radius 3 is 2.62 bits per heavy atom. The summed E-state index contributed by atoms with van der Waals surface area (Å²) in [5.74, 6) is -0.380. The maximum atomic E-state index is 11.2. The van der Waals surface area contributed by atoms with E-state index in [1.807, 2.05) is 36.7 Å². The molecule has 16 heavy (non-hydrogen) atoms. The molecule has 2 aromatic carbocycles. The van der Waals surface area contributed by atoms with Crippen molar-refractivity contribution in [3.05, 3.63) is 48.3 Å². The van der Waals surface area contributed by atoms with Gasteiger partial charge < -0.3 is 10.7 Å². The topological polar surface area (TPSA) is 58.9 Å². The van der Waals surface area contributed by atoms with Crippen LogP contribution >= 0.6 is 0 Å². The number of rotatable bonds is 1. The summed E-state index contributed by atoms with van der Waals surface area (Å²) in [5, 5.41) is 4.23. The Bertz CT molecular complexity index is 697. The van der Waals surface area contributed by atoms with Gasteiger partial charge >= 0.3 is 0 Å². The molecule has 0 fully saturated rings. The van der Waals surface area contributed by atoms with Gasteiger partial charge in [-0.1, -0.05) is 18.2 Å². The highest BCUT2D eigenvalue weighted by atomic mass is 16.1. The van der Waals surface area contributed by atoms with E-state index in [0.717, 1.165) is 21.5 Å². The Kier molecular flexibility index (Phi) is 1.74. The molecule has 0 aliphatic carbocycles. The standard InChI is InChI=1S/C13H10N2O/c14-13(16)11-4-3-10-9(11)2-1-8-5-6-15-7-12(8)10/h1-7,15H,(H2,14,16). The zero-order chi connectivity index (χ0) is 11.1. The minimum Gasteiger partial charge on any atom is -0.367 e. The van der Waals surface area contributed by atoms with E-state index in [-0.39, 0.29) is 5.91 Å². The van der Waals surface area contributed by atoms with E-state index in [1.54, 1.807) is 6.07 Å². The summed E-state index contributed by atoms with van der Waals surface area (Å²) >= 11 is 0. The molecule has 1 aromatic heterocycles. The van der Waals surface area contributed by atoms with E-state index in [1.165, 1.54) is 0 Å². The molecule has 0 unspecified atom stereocenters. The van der Waals surface area contributed by atoms with Crippen molar-refractivity contribution in [3.63, 3.8) is 0 Å². The second-order valence-corrected chi connectivity index (χ2v) is 3.79. The van der Waals surface area contributed by atoms with Crippen molar-refractivity contribution in [2.24, 2.45) is 5.73 Å². The minimum atomic E-state index is -0.380. The Labute approximate surface area is 91.9 Å². The summed E-state index contributed by atoms with van der Waals surface area (Å²) < 4.78 is 0. The van der Waals surface area contributed by atoms with Gasteiger partial charge in [0, 0.05) is 23.3 Å². The zero-order valence-corrected chi connectivity index (χ0v) is 8.53. The van der Waals surface area contributed by atoms with Crippen molar-refractivity contribution in [1.82, 2.24) is 4.98 Å².